The Bertz CT molecular complexity index is 302. The van der Waals surface area contributed by atoms with Crippen molar-refractivity contribution in [2.75, 3.05) is 0 Å². The van der Waals surface area contributed by atoms with Gasteiger partial charge in [-0.05, 0) is 19.8 Å². The molecule has 0 aromatic carbocycles. The molecule has 3 heteroatoms. The van der Waals surface area contributed by atoms with E-state index in [4.69, 9.17) is 0 Å². The predicted molar refractivity (Wildman–Crippen MR) is 47.7 cm³/mol. The molecule has 0 radical (unpaired) electrons. The van der Waals surface area contributed by atoms with Crippen molar-refractivity contribution in [3.05, 3.63) is 12.2 Å². The Labute approximate surface area is 77.2 Å². The monoisotopic (exact) mass is 179 g/mol. The van der Waals surface area contributed by atoms with Crippen molar-refractivity contribution in [3.63, 3.8) is 0 Å². The molecule has 2 fully saturated rings. The molecule has 2 rings (SSSR count). The summed E-state index contributed by atoms with van der Waals surface area (Å²) >= 11 is 0. The van der Waals surface area contributed by atoms with Gasteiger partial charge in [-0.15, -0.1) is 0 Å². The molecular formula is C10H13NO2. The number of nitrogens with one attached hydrogen (secondary N) is 1. The van der Waals surface area contributed by atoms with Gasteiger partial charge in [0, 0.05) is 11.8 Å². The molecule has 13 heavy (non-hydrogen) atoms. The van der Waals surface area contributed by atoms with Gasteiger partial charge in [0.15, 0.2) is 0 Å². The van der Waals surface area contributed by atoms with Crippen molar-refractivity contribution in [2.24, 2.45) is 11.3 Å². The van der Waals surface area contributed by atoms with E-state index in [1.165, 1.54) is 0 Å². The lowest BCUT2D eigenvalue weighted by atomic mass is 9.82. The Morgan fingerprint density at radius 1 is 1.54 bits per heavy atom. The third kappa shape index (κ3) is 1.10. The van der Waals surface area contributed by atoms with Crippen molar-refractivity contribution < 1.29 is 9.59 Å². The lowest BCUT2D eigenvalue weighted by Crippen LogP contribution is -2.27. The average Bonchev–Trinajstić information content (AvgIpc) is 2.75. The molecule has 1 heterocycles. The number of allylic oxidation sites excluding steroid dienone is 1. The fourth-order valence-corrected chi connectivity index (χ4v) is 2.21. The normalized spacial score (nSPS) is 30.1. The van der Waals surface area contributed by atoms with Crippen LogP contribution in [0.25, 0.3) is 0 Å². The summed E-state index contributed by atoms with van der Waals surface area (Å²) in [7, 11) is 0. The van der Waals surface area contributed by atoms with Gasteiger partial charge in [0.2, 0.25) is 11.8 Å². The van der Waals surface area contributed by atoms with E-state index in [2.05, 4.69) is 11.9 Å². The molecule has 0 aromatic rings. The van der Waals surface area contributed by atoms with Crippen molar-refractivity contribution >= 4 is 11.8 Å². The summed E-state index contributed by atoms with van der Waals surface area (Å²) in [5, 5.41) is 2.35. The number of rotatable bonds is 2. The fraction of sp³-hybridized carbons (Fsp3) is 0.600. The minimum Gasteiger partial charge on any atom is -0.296 e. The minimum atomic E-state index is -0.141. The smallest absolute Gasteiger partial charge is 0.231 e. The van der Waals surface area contributed by atoms with Crippen LogP contribution in [0, 0.1) is 11.3 Å². The molecule has 1 N–H and O–H groups in total. The second-order valence-corrected chi connectivity index (χ2v) is 4.11. The molecule has 0 spiro atoms. The van der Waals surface area contributed by atoms with E-state index < -0.39 is 0 Å². The zero-order valence-corrected chi connectivity index (χ0v) is 7.72. The van der Waals surface area contributed by atoms with Crippen LogP contribution in [-0.2, 0) is 9.59 Å². The first kappa shape index (κ1) is 8.48. The fourth-order valence-electron chi connectivity index (χ4n) is 2.21. The maximum atomic E-state index is 11.4. The summed E-state index contributed by atoms with van der Waals surface area (Å²) in [4.78, 5) is 22.4. The quantitative estimate of drug-likeness (QED) is 0.508. The van der Waals surface area contributed by atoms with E-state index in [1.807, 2.05) is 6.92 Å². The van der Waals surface area contributed by atoms with Gasteiger partial charge in [0.05, 0.1) is 5.92 Å². The van der Waals surface area contributed by atoms with Crippen LogP contribution < -0.4 is 5.32 Å². The SMILES string of the molecule is C=C(C)C1(C2CC(=O)NC2=O)CC1. The molecule has 1 aliphatic carbocycles. The van der Waals surface area contributed by atoms with Gasteiger partial charge in [0.1, 0.15) is 0 Å². The molecule has 0 aromatic heterocycles. The number of hydrogen-bond acceptors (Lipinski definition) is 2. The molecule has 1 saturated heterocycles. The van der Waals surface area contributed by atoms with Crippen molar-refractivity contribution in [3.8, 4) is 0 Å². The Hall–Kier alpha value is -1.12. The highest BCUT2D eigenvalue weighted by atomic mass is 16.2. The van der Waals surface area contributed by atoms with Crippen LogP contribution in [0.4, 0.5) is 0 Å². The maximum Gasteiger partial charge on any atom is 0.231 e. The number of hydrogen-bond donors (Lipinski definition) is 1. The summed E-state index contributed by atoms with van der Waals surface area (Å²) in [6.07, 6.45) is 2.37. The highest BCUT2D eigenvalue weighted by Crippen LogP contribution is 2.58. The molecule has 2 amide bonds. The third-order valence-electron chi connectivity index (χ3n) is 3.27. The number of carbonyl (C=O) groups excluding carboxylic acids is 2. The average molecular weight is 179 g/mol. The highest BCUT2D eigenvalue weighted by Gasteiger charge is 2.55. The second kappa shape index (κ2) is 2.44. The molecule has 1 atom stereocenters. The Morgan fingerprint density at radius 2 is 2.15 bits per heavy atom. The lowest BCUT2D eigenvalue weighted by molar-refractivity contribution is -0.126. The van der Waals surface area contributed by atoms with E-state index in [-0.39, 0.29) is 23.1 Å². The Morgan fingerprint density at radius 3 is 2.46 bits per heavy atom. The van der Waals surface area contributed by atoms with Crippen molar-refractivity contribution in [1.29, 1.82) is 0 Å². The van der Waals surface area contributed by atoms with Gasteiger partial charge in [0.25, 0.3) is 0 Å². The minimum absolute atomic E-state index is 0.0454. The zero-order chi connectivity index (χ0) is 9.64. The van der Waals surface area contributed by atoms with Gasteiger partial charge in [-0.1, -0.05) is 12.2 Å². The van der Waals surface area contributed by atoms with E-state index >= 15 is 0 Å². The van der Waals surface area contributed by atoms with Crippen LogP contribution in [0.3, 0.4) is 0 Å². The molecule has 3 nitrogen and oxygen atoms in total. The molecular weight excluding hydrogens is 166 g/mol. The van der Waals surface area contributed by atoms with Crippen molar-refractivity contribution in [1.82, 2.24) is 5.32 Å². The molecule has 70 valence electrons. The van der Waals surface area contributed by atoms with Crippen molar-refractivity contribution in [2.45, 2.75) is 26.2 Å². The maximum absolute atomic E-state index is 11.4. The summed E-state index contributed by atoms with van der Waals surface area (Å²) in [6.45, 7) is 5.85. The topological polar surface area (TPSA) is 46.2 Å². The van der Waals surface area contributed by atoms with Gasteiger partial charge in [-0.3, -0.25) is 14.9 Å². The number of imide groups is 1. The van der Waals surface area contributed by atoms with E-state index in [9.17, 15) is 9.59 Å². The van der Waals surface area contributed by atoms with Gasteiger partial charge in [-0.25, -0.2) is 0 Å². The molecule has 0 bridgehead atoms. The summed E-state index contributed by atoms with van der Waals surface area (Å²) in [5.41, 5.74) is 0.998. The largest absolute Gasteiger partial charge is 0.296 e. The van der Waals surface area contributed by atoms with Gasteiger partial charge < -0.3 is 0 Å². The lowest BCUT2D eigenvalue weighted by Gasteiger charge is -2.19. The Kier molecular flexibility index (Phi) is 1.59. The molecule has 1 aliphatic heterocycles. The van der Waals surface area contributed by atoms with E-state index in [0.29, 0.717) is 6.42 Å². The first-order chi connectivity index (χ1) is 6.06. The molecule has 1 unspecified atom stereocenters. The van der Waals surface area contributed by atoms with Crippen LogP contribution in [0.1, 0.15) is 26.2 Å². The number of amides is 2. The van der Waals surface area contributed by atoms with Gasteiger partial charge >= 0.3 is 0 Å². The first-order valence-electron chi connectivity index (χ1n) is 4.56. The third-order valence-corrected chi connectivity index (χ3v) is 3.27. The summed E-state index contributed by atoms with van der Waals surface area (Å²) in [5.74, 6) is -0.384. The van der Waals surface area contributed by atoms with Crippen LogP contribution in [-0.4, -0.2) is 11.8 Å². The summed E-state index contributed by atoms with van der Waals surface area (Å²) < 4.78 is 0. The summed E-state index contributed by atoms with van der Waals surface area (Å²) in [6, 6.07) is 0. The van der Waals surface area contributed by atoms with Gasteiger partial charge in [-0.2, -0.15) is 0 Å². The highest BCUT2D eigenvalue weighted by molar-refractivity contribution is 6.04. The first-order valence-corrected chi connectivity index (χ1v) is 4.56. The zero-order valence-electron chi connectivity index (χ0n) is 7.72. The second-order valence-electron chi connectivity index (χ2n) is 4.11. The van der Waals surface area contributed by atoms with Crippen LogP contribution >= 0.6 is 0 Å². The van der Waals surface area contributed by atoms with E-state index in [1.54, 1.807) is 0 Å². The standard InChI is InChI=1S/C10H13NO2/c1-6(2)10(3-4-10)7-5-8(12)11-9(7)13/h7H,1,3-5H2,2H3,(H,11,12,13). The predicted octanol–water partition coefficient (Wildman–Crippen LogP) is 1.01. The van der Waals surface area contributed by atoms with Crippen LogP contribution in [0.5, 0.6) is 0 Å². The van der Waals surface area contributed by atoms with E-state index in [0.717, 1.165) is 18.4 Å². The Balaban J connectivity index is 2.22. The van der Waals surface area contributed by atoms with Crippen LogP contribution in [0.2, 0.25) is 0 Å². The molecule has 1 saturated carbocycles. The van der Waals surface area contributed by atoms with Crippen LogP contribution in [0.15, 0.2) is 12.2 Å². The molecule has 2 aliphatic rings. The number of carbonyl (C=O) groups is 2.